The Balaban J connectivity index is 1.53. The van der Waals surface area contributed by atoms with Crippen LogP contribution in [-0.2, 0) is 4.79 Å². The number of fused-ring (bicyclic) bond motifs is 1. The minimum absolute atomic E-state index is 0.0375. The van der Waals surface area contributed by atoms with Gasteiger partial charge in [0.2, 0.25) is 5.91 Å². The molecule has 6 heteroatoms. The van der Waals surface area contributed by atoms with E-state index in [0.717, 1.165) is 22.9 Å². The number of H-pyrrole nitrogens is 1. The number of halogens is 1. The van der Waals surface area contributed by atoms with E-state index in [-0.39, 0.29) is 11.8 Å². The summed E-state index contributed by atoms with van der Waals surface area (Å²) in [5.41, 5.74) is 4.49. The van der Waals surface area contributed by atoms with Crippen LogP contribution in [0, 0.1) is 0 Å². The van der Waals surface area contributed by atoms with Crippen LogP contribution in [0.3, 0.4) is 0 Å². The van der Waals surface area contributed by atoms with Crippen LogP contribution in [0.15, 0.2) is 54.7 Å². The lowest BCUT2D eigenvalue weighted by Gasteiger charge is -2.26. The Morgan fingerprint density at radius 2 is 2.00 bits per heavy atom. The molecular weight excluding hydrogens is 374 g/mol. The summed E-state index contributed by atoms with van der Waals surface area (Å²) < 4.78 is 0. The highest BCUT2D eigenvalue weighted by molar-refractivity contribution is 6.35. The molecular formula is C22H20ClN3O2. The maximum atomic E-state index is 12.8. The van der Waals surface area contributed by atoms with Crippen LogP contribution in [0.25, 0.3) is 16.5 Å². The number of benzene rings is 2. The van der Waals surface area contributed by atoms with E-state index >= 15 is 0 Å². The summed E-state index contributed by atoms with van der Waals surface area (Å²) in [5.74, 6) is -0.196. The molecule has 0 atom stereocenters. The minimum atomic E-state index is -0.158. The fourth-order valence-electron chi connectivity index (χ4n) is 3.60. The van der Waals surface area contributed by atoms with E-state index in [9.17, 15) is 9.59 Å². The van der Waals surface area contributed by atoms with Crippen molar-refractivity contribution in [2.45, 2.75) is 13.3 Å². The van der Waals surface area contributed by atoms with Crippen LogP contribution in [0.2, 0.25) is 5.02 Å². The zero-order chi connectivity index (χ0) is 19.7. The predicted molar refractivity (Wildman–Crippen MR) is 113 cm³/mol. The van der Waals surface area contributed by atoms with Gasteiger partial charge in [-0.3, -0.25) is 9.59 Å². The number of rotatable bonds is 3. The van der Waals surface area contributed by atoms with Crippen LogP contribution in [0.1, 0.15) is 29.3 Å². The van der Waals surface area contributed by atoms with Gasteiger partial charge in [0.05, 0.1) is 10.5 Å². The fraction of sp³-hybridized carbons (Fsp3) is 0.182. The topological polar surface area (TPSA) is 65.2 Å². The number of anilines is 1. The molecule has 3 aromatic rings. The molecule has 1 aliphatic heterocycles. The molecule has 1 aliphatic rings. The molecule has 142 valence electrons. The Kier molecular flexibility index (Phi) is 4.92. The Labute approximate surface area is 168 Å². The molecule has 0 fully saturated rings. The molecule has 0 saturated heterocycles. The number of carbonyl (C=O) groups excluding carboxylic acids is 2. The maximum absolute atomic E-state index is 12.8. The van der Waals surface area contributed by atoms with Crippen LogP contribution in [0.5, 0.6) is 0 Å². The molecule has 2 amide bonds. The highest BCUT2D eigenvalue weighted by Crippen LogP contribution is 2.32. The molecule has 1 aromatic heterocycles. The summed E-state index contributed by atoms with van der Waals surface area (Å²) in [7, 11) is 0. The first-order chi connectivity index (χ1) is 13.5. The molecule has 28 heavy (non-hydrogen) atoms. The number of nitrogens with one attached hydrogen (secondary N) is 2. The van der Waals surface area contributed by atoms with Crippen molar-refractivity contribution < 1.29 is 9.59 Å². The van der Waals surface area contributed by atoms with E-state index in [0.29, 0.717) is 29.4 Å². The van der Waals surface area contributed by atoms with Crippen LogP contribution >= 0.6 is 11.6 Å². The van der Waals surface area contributed by atoms with E-state index < -0.39 is 0 Å². The minimum Gasteiger partial charge on any atom is -0.359 e. The number of hydrogen-bond donors (Lipinski definition) is 2. The second-order valence-electron chi connectivity index (χ2n) is 6.86. The summed E-state index contributed by atoms with van der Waals surface area (Å²) in [6.07, 6.45) is 4.86. The van der Waals surface area contributed by atoms with Crippen LogP contribution < -0.4 is 5.32 Å². The number of amides is 2. The number of aromatic amines is 1. The van der Waals surface area contributed by atoms with E-state index in [2.05, 4.69) is 22.4 Å². The van der Waals surface area contributed by atoms with E-state index in [1.54, 1.807) is 24.3 Å². The van der Waals surface area contributed by atoms with Gasteiger partial charge < -0.3 is 15.2 Å². The Morgan fingerprint density at radius 1 is 1.18 bits per heavy atom. The Bertz CT molecular complexity index is 1100. The average Bonchev–Trinajstić information content (AvgIpc) is 3.13. The van der Waals surface area contributed by atoms with Gasteiger partial charge in [-0.1, -0.05) is 35.9 Å². The maximum Gasteiger partial charge on any atom is 0.254 e. The highest BCUT2D eigenvalue weighted by Gasteiger charge is 2.21. The number of aromatic nitrogens is 1. The average molecular weight is 394 g/mol. The van der Waals surface area contributed by atoms with Gasteiger partial charge >= 0.3 is 0 Å². The lowest BCUT2D eigenvalue weighted by molar-refractivity contribution is -0.114. The molecule has 5 nitrogen and oxygen atoms in total. The molecule has 2 N–H and O–H groups in total. The molecule has 2 heterocycles. The first-order valence-corrected chi connectivity index (χ1v) is 9.52. The van der Waals surface area contributed by atoms with E-state index in [4.69, 9.17) is 11.6 Å². The first-order valence-electron chi connectivity index (χ1n) is 9.15. The lowest BCUT2D eigenvalue weighted by atomic mass is 9.98. The number of para-hydroxylation sites is 1. The molecule has 2 aromatic carbocycles. The van der Waals surface area contributed by atoms with Crippen molar-refractivity contribution in [2.24, 2.45) is 0 Å². The molecule has 0 spiro atoms. The highest BCUT2D eigenvalue weighted by atomic mass is 35.5. The van der Waals surface area contributed by atoms with Gasteiger partial charge in [0, 0.05) is 48.4 Å². The van der Waals surface area contributed by atoms with Crippen LogP contribution in [-0.4, -0.2) is 34.8 Å². The summed E-state index contributed by atoms with van der Waals surface area (Å²) in [6.45, 7) is 2.64. The van der Waals surface area contributed by atoms with Gasteiger partial charge in [-0.05, 0) is 36.3 Å². The second-order valence-corrected chi connectivity index (χ2v) is 7.26. The lowest BCUT2D eigenvalue weighted by Crippen LogP contribution is -2.34. The smallest absolute Gasteiger partial charge is 0.254 e. The van der Waals surface area contributed by atoms with Crippen molar-refractivity contribution in [1.29, 1.82) is 0 Å². The zero-order valence-electron chi connectivity index (χ0n) is 15.5. The van der Waals surface area contributed by atoms with Crippen molar-refractivity contribution in [2.75, 3.05) is 18.4 Å². The third kappa shape index (κ3) is 3.53. The van der Waals surface area contributed by atoms with Crippen LogP contribution in [0.4, 0.5) is 5.69 Å². The largest absolute Gasteiger partial charge is 0.359 e. The molecule has 0 radical (unpaired) electrons. The van der Waals surface area contributed by atoms with Gasteiger partial charge in [0.1, 0.15) is 0 Å². The molecule has 0 saturated carbocycles. The quantitative estimate of drug-likeness (QED) is 0.676. The third-order valence-corrected chi connectivity index (χ3v) is 5.25. The fourth-order valence-corrected chi connectivity index (χ4v) is 3.83. The van der Waals surface area contributed by atoms with Crippen molar-refractivity contribution >= 4 is 45.6 Å². The van der Waals surface area contributed by atoms with Gasteiger partial charge in [-0.25, -0.2) is 0 Å². The van der Waals surface area contributed by atoms with Gasteiger partial charge in [0.25, 0.3) is 5.91 Å². The first kappa shape index (κ1) is 18.3. The monoisotopic (exact) mass is 393 g/mol. The SMILES string of the molecule is CC(=O)Nc1cccc(C(=O)N2CC=C(c3c[nH]c4c(Cl)cccc34)CC2)c1. The number of carbonyl (C=O) groups is 2. The van der Waals surface area contributed by atoms with Gasteiger partial charge in [-0.2, -0.15) is 0 Å². The standard InChI is InChI=1S/C22H20ClN3O2/c1-14(27)25-17-5-2-4-16(12-17)22(28)26-10-8-15(9-11-26)19-13-24-21-18(19)6-3-7-20(21)23/h2-8,12-13,24H,9-11H2,1H3,(H,25,27). The zero-order valence-corrected chi connectivity index (χ0v) is 16.2. The number of hydrogen-bond acceptors (Lipinski definition) is 2. The van der Waals surface area contributed by atoms with Crippen molar-refractivity contribution in [3.05, 3.63) is 70.9 Å². The summed E-state index contributed by atoms with van der Waals surface area (Å²) in [4.78, 5) is 29.1. The molecule has 0 aliphatic carbocycles. The van der Waals surface area contributed by atoms with Crippen molar-refractivity contribution in [3.8, 4) is 0 Å². The van der Waals surface area contributed by atoms with Crippen molar-refractivity contribution in [3.63, 3.8) is 0 Å². The normalized spacial score (nSPS) is 14.1. The number of nitrogens with zero attached hydrogens (tertiary/aromatic N) is 1. The van der Waals surface area contributed by atoms with Crippen molar-refractivity contribution in [1.82, 2.24) is 9.88 Å². The molecule has 4 rings (SSSR count). The molecule has 0 unspecified atom stereocenters. The van der Waals surface area contributed by atoms with E-state index in [1.807, 2.05) is 23.2 Å². The van der Waals surface area contributed by atoms with Gasteiger partial charge in [-0.15, -0.1) is 0 Å². The third-order valence-electron chi connectivity index (χ3n) is 4.94. The van der Waals surface area contributed by atoms with E-state index in [1.165, 1.54) is 12.5 Å². The summed E-state index contributed by atoms with van der Waals surface area (Å²) in [6, 6.07) is 12.9. The summed E-state index contributed by atoms with van der Waals surface area (Å²) in [5, 5.41) is 4.52. The molecule has 0 bridgehead atoms. The Hall–Kier alpha value is -3.05. The summed E-state index contributed by atoms with van der Waals surface area (Å²) >= 11 is 6.26. The predicted octanol–water partition coefficient (Wildman–Crippen LogP) is 4.71. The second kappa shape index (κ2) is 7.52. The van der Waals surface area contributed by atoms with Gasteiger partial charge in [0.15, 0.2) is 0 Å². The Morgan fingerprint density at radius 3 is 2.75 bits per heavy atom.